The Bertz CT molecular complexity index is 1850. The van der Waals surface area contributed by atoms with Crippen molar-refractivity contribution < 1.29 is 0 Å². The van der Waals surface area contributed by atoms with E-state index in [1.54, 1.807) is 0 Å². The molecule has 3 heteroatoms. The van der Waals surface area contributed by atoms with Crippen LogP contribution >= 0.6 is 11.6 Å². The largest absolute Gasteiger partial charge is 0.313 e. The molecule has 0 aliphatic carbocycles. The topological polar surface area (TPSA) is 17.8 Å². The molecule has 0 saturated carbocycles. The van der Waals surface area contributed by atoms with E-state index in [-0.39, 0.29) is 0 Å². The van der Waals surface area contributed by atoms with Crippen molar-refractivity contribution in [2.75, 3.05) is 0 Å². The van der Waals surface area contributed by atoms with Crippen LogP contribution in [0.5, 0.6) is 0 Å². The Morgan fingerprint density at radius 2 is 1.47 bits per heavy atom. The highest BCUT2D eigenvalue weighted by atomic mass is 35.5. The van der Waals surface area contributed by atoms with Crippen LogP contribution in [-0.2, 0) is 0 Å². The van der Waals surface area contributed by atoms with Crippen molar-refractivity contribution in [1.29, 1.82) is 0 Å². The van der Waals surface area contributed by atoms with Gasteiger partial charge in [-0.2, -0.15) is 0 Å². The Hall–Kier alpha value is -4.14. The number of allylic oxidation sites excluding steroid dienone is 5. The van der Waals surface area contributed by atoms with Gasteiger partial charge in [0.15, 0.2) is 0 Å². The van der Waals surface area contributed by atoms with Crippen LogP contribution in [-0.4, -0.2) is 9.55 Å². The second-order valence-corrected chi connectivity index (χ2v) is 9.35. The molecule has 2 heterocycles. The first-order chi connectivity index (χ1) is 17.7. The number of aromatic nitrogens is 2. The number of fused-ring (bicyclic) bond motifs is 6. The number of rotatable bonds is 5. The maximum atomic E-state index is 6.63. The number of nitrogens with zero attached hydrogens (tertiary/aromatic N) is 2. The molecule has 4 aromatic carbocycles. The molecule has 0 saturated heterocycles. The molecule has 0 spiro atoms. The van der Waals surface area contributed by atoms with Crippen LogP contribution in [0.2, 0.25) is 5.15 Å². The average molecular weight is 485 g/mol. The summed E-state index contributed by atoms with van der Waals surface area (Å²) in [7, 11) is 0. The van der Waals surface area contributed by atoms with E-state index in [4.69, 9.17) is 11.6 Å². The van der Waals surface area contributed by atoms with Crippen molar-refractivity contribution in [3.8, 4) is 11.1 Å². The van der Waals surface area contributed by atoms with Crippen LogP contribution < -0.4 is 0 Å². The van der Waals surface area contributed by atoms with E-state index in [0.717, 1.165) is 50.4 Å². The quantitative estimate of drug-likeness (QED) is 0.135. The molecule has 6 rings (SSSR count). The summed E-state index contributed by atoms with van der Waals surface area (Å²) in [4.78, 5) is 4.63. The Morgan fingerprint density at radius 3 is 2.31 bits per heavy atom. The molecule has 2 nitrogen and oxygen atoms in total. The fourth-order valence-electron chi connectivity index (χ4n) is 5.07. The summed E-state index contributed by atoms with van der Waals surface area (Å²) in [5.74, 6) is 0. The molecule has 0 fully saturated rings. The molecule has 36 heavy (non-hydrogen) atoms. The van der Waals surface area contributed by atoms with Gasteiger partial charge in [-0.05, 0) is 53.8 Å². The third kappa shape index (κ3) is 3.71. The van der Waals surface area contributed by atoms with Gasteiger partial charge in [-0.15, -0.1) is 0 Å². The maximum Gasteiger partial charge on any atom is 0.137 e. The fraction of sp³-hybridized carbons (Fsp3) is 0.0606. The van der Waals surface area contributed by atoms with Gasteiger partial charge in [0.25, 0.3) is 0 Å². The van der Waals surface area contributed by atoms with Crippen LogP contribution in [0.3, 0.4) is 0 Å². The minimum absolute atomic E-state index is 0.533. The van der Waals surface area contributed by atoms with Gasteiger partial charge in [0.1, 0.15) is 5.15 Å². The molecule has 0 aliphatic rings. The van der Waals surface area contributed by atoms with Gasteiger partial charge in [0.05, 0.1) is 16.6 Å². The van der Waals surface area contributed by atoms with Gasteiger partial charge in [-0.1, -0.05) is 97.1 Å². The summed E-state index contributed by atoms with van der Waals surface area (Å²) < 4.78 is 2.28. The number of hydrogen-bond donors (Lipinski definition) is 0. The first-order valence-electron chi connectivity index (χ1n) is 12.1. The molecule has 0 unspecified atom stereocenters. The van der Waals surface area contributed by atoms with Gasteiger partial charge in [0, 0.05) is 33.7 Å². The van der Waals surface area contributed by atoms with Crippen molar-refractivity contribution in [3.63, 3.8) is 0 Å². The molecule has 0 bridgehead atoms. The maximum absolute atomic E-state index is 6.63. The molecule has 2 aromatic heterocycles. The number of halogens is 1. The van der Waals surface area contributed by atoms with Crippen molar-refractivity contribution in [2.24, 2.45) is 0 Å². The van der Waals surface area contributed by atoms with Crippen LogP contribution in [0.1, 0.15) is 13.3 Å². The van der Waals surface area contributed by atoms with Crippen molar-refractivity contribution >= 4 is 60.8 Å². The lowest BCUT2D eigenvalue weighted by atomic mass is 9.98. The Morgan fingerprint density at radius 1 is 0.778 bits per heavy atom. The third-order valence-corrected chi connectivity index (χ3v) is 7.06. The van der Waals surface area contributed by atoms with E-state index < -0.39 is 0 Å². The lowest BCUT2D eigenvalue weighted by Crippen LogP contribution is -1.94. The zero-order valence-electron chi connectivity index (χ0n) is 20.1. The lowest BCUT2D eigenvalue weighted by molar-refractivity contribution is 1.15. The van der Waals surface area contributed by atoms with Crippen molar-refractivity contribution in [3.05, 3.63) is 121 Å². The lowest BCUT2D eigenvalue weighted by Gasteiger charge is -2.10. The normalized spacial score (nSPS) is 12.2. The molecule has 0 atom stereocenters. The van der Waals surface area contributed by atoms with Gasteiger partial charge in [0.2, 0.25) is 0 Å². The second-order valence-electron chi connectivity index (χ2n) is 8.99. The predicted octanol–water partition coefficient (Wildman–Crippen LogP) is 9.81. The van der Waals surface area contributed by atoms with Gasteiger partial charge >= 0.3 is 0 Å². The highest BCUT2D eigenvalue weighted by molar-refractivity contribution is 6.36. The molecule has 0 aliphatic heterocycles. The molecular weight excluding hydrogens is 460 g/mol. The van der Waals surface area contributed by atoms with Crippen molar-refractivity contribution in [1.82, 2.24) is 9.55 Å². The molecule has 0 N–H and O–H groups in total. The van der Waals surface area contributed by atoms with Crippen LogP contribution in [0.4, 0.5) is 0 Å². The number of hydrogen-bond acceptors (Lipinski definition) is 1. The van der Waals surface area contributed by atoms with E-state index in [2.05, 4.69) is 95.0 Å². The minimum atomic E-state index is 0.533. The molecule has 0 amide bonds. The number of pyridine rings is 1. The summed E-state index contributed by atoms with van der Waals surface area (Å²) in [6, 6.07) is 29.8. The summed E-state index contributed by atoms with van der Waals surface area (Å²) >= 11 is 6.63. The third-order valence-electron chi connectivity index (χ3n) is 6.77. The van der Waals surface area contributed by atoms with E-state index in [9.17, 15) is 0 Å². The van der Waals surface area contributed by atoms with E-state index in [1.165, 1.54) is 16.3 Å². The zero-order valence-corrected chi connectivity index (χ0v) is 20.8. The summed E-state index contributed by atoms with van der Waals surface area (Å²) in [5, 5.41) is 6.17. The SMILES string of the molecule is C=C(C/C=C\C=C/C)n1c2ccccc2c2cc(-c3ccc4c(c3)c(Cl)nc3ccccc34)ccc21. The van der Waals surface area contributed by atoms with E-state index in [0.29, 0.717) is 5.15 Å². The summed E-state index contributed by atoms with van der Waals surface area (Å²) in [5.41, 5.74) is 6.56. The van der Waals surface area contributed by atoms with E-state index >= 15 is 0 Å². The number of benzene rings is 4. The Balaban J connectivity index is 1.50. The highest BCUT2D eigenvalue weighted by Gasteiger charge is 2.14. The molecular formula is C33H25ClN2. The van der Waals surface area contributed by atoms with Gasteiger partial charge in [-0.25, -0.2) is 4.98 Å². The molecule has 6 aromatic rings. The van der Waals surface area contributed by atoms with Crippen LogP contribution in [0.15, 0.2) is 116 Å². The summed E-state index contributed by atoms with van der Waals surface area (Å²) in [6.07, 6.45) is 9.07. The fourth-order valence-corrected chi connectivity index (χ4v) is 5.32. The first-order valence-corrected chi connectivity index (χ1v) is 12.5. The van der Waals surface area contributed by atoms with Crippen LogP contribution in [0, 0.1) is 0 Å². The van der Waals surface area contributed by atoms with Gasteiger partial charge in [-0.3, -0.25) is 0 Å². The molecule has 0 radical (unpaired) electrons. The first kappa shape index (κ1) is 22.3. The monoisotopic (exact) mass is 484 g/mol. The minimum Gasteiger partial charge on any atom is -0.313 e. The highest BCUT2D eigenvalue weighted by Crippen LogP contribution is 2.37. The predicted molar refractivity (Wildman–Crippen MR) is 157 cm³/mol. The average Bonchev–Trinajstić information content (AvgIpc) is 3.25. The smallest absolute Gasteiger partial charge is 0.137 e. The van der Waals surface area contributed by atoms with Crippen LogP contribution in [0.25, 0.3) is 60.3 Å². The molecule has 174 valence electrons. The Labute approximate surface area is 215 Å². The summed E-state index contributed by atoms with van der Waals surface area (Å²) in [6.45, 7) is 6.43. The second kappa shape index (κ2) is 9.14. The van der Waals surface area contributed by atoms with Gasteiger partial charge < -0.3 is 4.57 Å². The number of para-hydroxylation sites is 2. The Kier molecular flexibility index (Phi) is 5.67. The standard InChI is InChI=1S/C33H25ClN2/c1-3-4-5-6-11-22(2)36-31-15-10-8-13-27(31)28-20-24(17-19-32(28)36)23-16-18-25-26-12-7-9-14-30(26)35-33(34)29(25)21-23/h3-10,12-21H,2,11H2,1H3/b4-3-,6-5-. The van der Waals surface area contributed by atoms with E-state index in [1.807, 2.05) is 37.3 Å². The zero-order chi connectivity index (χ0) is 24.6. The van der Waals surface area contributed by atoms with Crippen molar-refractivity contribution in [2.45, 2.75) is 13.3 Å².